The third kappa shape index (κ3) is 2.69. The highest BCUT2D eigenvalue weighted by atomic mass is 16.5. The molecule has 0 amide bonds. The van der Waals surface area contributed by atoms with Crippen molar-refractivity contribution in [1.82, 2.24) is 15.1 Å². The van der Waals surface area contributed by atoms with Crippen LogP contribution in [-0.4, -0.2) is 22.9 Å². The highest BCUT2D eigenvalue weighted by Gasteiger charge is 2.23. The van der Waals surface area contributed by atoms with Crippen LogP contribution in [0.3, 0.4) is 0 Å². The molecule has 0 radical (unpaired) electrons. The predicted molar refractivity (Wildman–Crippen MR) is 67.6 cm³/mol. The SMILES string of the molecule is CCCNC(C1=CCCO1)c1cn(C)nc1C. The highest BCUT2D eigenvalue weighted by molar-refractivity contribution is 5.28. The summed E-state index contributed by atoms with van der Waals surface area (Å²) in [6.07, 6.45) is 6.38. The zero-order valence-electron chi connectivity index (χ0n) is 10.9. The van der Waals surface area contributed by atoms with E-state index in [1.54, 1.807) is 0 Å². The number of ether oxygens (including phenoxy) is 1. The summed E-state index contributed by atoms with van der Waals surface area (Å²) < 4.78 is 7.55. The molecular weight excluding hydrogens is 214 g/mol. The van der Waals surface area contributed by atoms with Gasteiger partial charge >= 0.3 is 0 Å². The van der Waals surface area contributed by atoms with E-state index in [4.69, 9.17) is 4.74 Å². The van der Waals surface area contributed by atoms with E-state index in [0.717, 1.165) is 37.4 Å². The van der Waals surface area contributed by atoms with E-state index in [0.29, 0.717) is 0 Å². The molecule has 4 nitrogen and oxygen atoms in total. The van der Waals surface area contributed by atoms with Gasteiger partial charge in [0.05, 0.1) is 18.3 Å². The van der Waals surface area contributed by atoms with E-state index in [1.165, 1.54) is 5.56 Å². The molecule has 0 aromatic carbocycles. The van der Waals surface area contributed by atoms with Crippen molar-refractivity contribution in [2.24, 2.45) is 7.05 Å². The van der Waals surface area contributed by atoms with E-state index in [2.05, 4.69) is 29.6 Å². The van der Waals surface area contributed by atoms with Crippen molar-refractivity contribution < 1.29 is 4.74 Å². The van der Waals surface area contributed by atoms with Crippen molar-refractivity contribution in [2.45, 2.75) is 32.7 Å². The maximum absolute atomic E-state index is 5.69. The van der Waals surface area contributed by atoms with Crippen molar-refractivity contribution in [1.29, 1.82) is 0 Å². The van der Waals surface area contributed by atoms with Gasteiger partial charge < -0.3 is 10.1 Å². The molecule has 1 aromatic rings. The molecule has 0 saturated heterocycles. The Labute approximate surface area is 103 Å². The molecular formula is C13H21N3O. The quantitative estimate of drug-likeness (QED) is 0.849. The second kappa shape index (κ2) is 5.36. The molecule has 94 valence electrons. The minimum atomic E-state index is 0.158. The molecule has 1 aliphatic rings. The minimum Gasteiger partial charge on any atom is -0.496 e. The van der Waals surface area contributed by atoms with Gasteiger partial charge in [0.1, 0.15) is 5.76 Å². The molecule has 0 spiro atoms. The summed E-state index contributed by atoms with van der Waals surface area (Å²) in [7, 11) is 1.96. The molecule has 1 aromatic heterocycles. The Balaban J connectivity index is 2.22. The Morgan fingerprint density at radius 3 is 2.94 bits per heavy atom. The number of hydrogen-bond donors (Lipinski definition) is 1. The molecule has 0 saturated carbocycles. The fourth-order valence-corrected chi connectivity index (χ4v) is 2.19. The number of rotatable bonds is 5. The predicted octanol–water partition coefficient (Wildman–Crippen LogP) is 2.07. The van der Waals surface area contributed by atoms with E-state index < -0.39 is 0 Å². The second-order valence-electron chi connectivity index (χ2n) is 4.47. The topological polar surface area (TPSA) is 39.1 Å². The molecule has 1 atom stereocenters. The first kappa shape index (κ1) is 12.2. The van der Waals surface area contributed by atoms with Crippen LogP contribution in [0.5, 0.6) is 0 Å². The van der Waals surface area contributed by atoms with Crippen LogP contribution in [0.2, 0.25) is 0 Å². The average Bonchev–Trinajstić information content (AvgIpc) is 2.90. The molecule has 4 heteroatoms. The van der Waals surface area contributed by atoms with Gasteiger partial charge in [-0.15, -0.1) is 0 Å². The fourth-order valence-electron chi connectivity index (χ4n) is 2.19. The van der Waals surface area contributed by atoms with Gasteiger partial charge in [0, 0.05) is 25.2 Å². The zero-order chi connectivity index (χ0) is 12.3. The standard InChI is InChI=1S/C13H21N3O/c1-4-7-14-13(12-6-5-8-17-12)11-9-16(3)15-10(11)2/h6,9,13-14H,4-5,7-8H2,1-3H3. The molecule has 17 heavy (non-hydrogen) atoms. The normalized spacial score (nSPS) is 16.8. The number of nitrogens with one attached hydrogen (secondary N) is 1. The van der Waals surface area contributed by atoms with Gasteiger partial charge in [0.15, 0.2) is 0 Å². The van der Waals surface area contributed by atoms with Crippen LogP contribution in [0, 0.1) is 6.92 Å². The third-order valence-corrected chi connectivity index (χ3v) is 2.98. The Bertz CT molecular complexity index is 409. The van der Waals surface area contributed by atoms with Crippen LogP contribution < -0.4 is 5.32 Å². The molecule has 0 bridgehead atoms. The van der Waals surface area contributed by atoms with Crippen LogP contribution in [0.1, 0.15) is 37.1 Å². The van der Waals surface area contributed by atoms with Gasteiger partial charge in [-0.05, 0) is 26.0 Å². The first-order chi connectivity index (χ1) is 8.22. The summed E-state index contributed by atoms with van der Waals surface area (Å²) in [5.41, 5.74) is 2.28. The number of aryl methyl sites for hydroxylation is 2. The van der Waals surface area contributed by atoms with Gasteiger partial charge in [-0.25, -0.2) is 0 Å². The highest BCUT2D eigenvalue weighted by Crippen LogP contribution is 2.28. The first-order valence-corrected chi connectivity index (χ1v) is 6.28. The maximum atomic E-state index is 5.69. The Kier molecular flexibility index (Phi) is 3.84. The van der Waals surface area contributed by atoms with Crippen LogP contribution in [0.25, 0.3) is 0 Å². The Morgan fingerprint density at radius 1 is 1.59 bits per heavy atom. The van der Waals surface area contributed by atoms with E-state index >= 15 is 0 Å². The third-order valence-electron chi connectivity index (χ3n) is 2.98. The number of hydrogen-bond acceptors (Lipinski definition) is 3. The van der Waals surface area contributed by atoms with Crippen molar-refractivity contribution >= 4 is 0 Å². The molecule has 1 unspecified atom stereocenters. The van der Waals surface area contributed by atoms with Gasteiger partial charge in [0.25, 0.3) is 0 Å². The van der Waals surface area contributed by atoms with Crippen LogP contribution >= 0.6 is 0 Å². The molecule has 2 heterocycles. The number of aromatic nitrogens is 2. The lowest BCUT2D eigenvalue weighted by atomic mass is 10.1. The van der Waals surface area contributed by atoms with Crippen molar-refractivity contribution in [3.63, 3.8) is 0 Å². The smallest absolute Gasteiger partial charge is 0.114 e. The number of nitrogens with zero attached hydrogens (tertiary/aromatic N) is 2. The Hall–Kier alpha value is -1.29. The zero-order valence-corrected chi connectivity index (χ0v) is 10.9. The summed E-state index contributed by atoms with van der Waals surface area (Å²) in [5, 5.41) is 7.94. The van der Waals surface area contributed by atoms with Gasteiger partial charge in [-0.3, -0.25) is 4.68 Å². The van der Waals surface area contributed by atoms with Crippen molar-refractivity contribution in [3.8, 4) is 0 Å². The summed E-state index contributed by atoms with van der Waals surface area (Å²) in [4.78, 5) is 0. The van der Waals surface area contributed by atoms with E-state index in [1.807, 2.05) is 18.7 Å². The molecule has 0 aliphatic carbocycles. The first-order valence-electron chi connectivity index (χ1n) is 6.28. The monoisotopic (exact) mass is 235 g/mol. The van der Waals surface area contributed by atoms with Gasteiger partial charge in [-0.2, -0.15) is 5.10 Å². The molecule has 1 N–H and O–H groups in total. The second-order valence-corrected chi connectivity index (χ2v) is 4.47. The average molecular weight is 235 g/mol. The largest absolute Gasteiger partial charge is 0.496 e. The molecule has 2 rings (SSSR count). The Morgan fingerprint density at radius 2 is 2.41 bits per heavy atom. The minimum absolute atomic E-state index is 0.158. The van der Waals surface area contributed by atoms with Crippen LogP contribution in [0.15, 0.2) is 18.0 Å². The fraction of sp³-hybridized carbons (Fsp3) is 0.615. The van der Waals surface area contributed by atoms with Gasteiger partial charge in [-0.1, -0.05) is 6.92 Å². The van der Waals surface area contributed by atoms with E-state index in [9.17, 15) is 0 Å². The lowest BCUT2D eigenvalue weighted by Gasteiger charge is -2.19. The van der Waals surface area contributed by atoms with Crippen LogP contribution in [-0.2, 0) is 11.8 Å². The summed E-state index contributed by atoms with van der Waals surface area (Å²) >= 11 is 0. The summed E-state index contributed by atoms with van der Waals surface area (Å²) in [5.74, 6) is 1.05. The van der Waals surface area contributed by atoms with Gasteiger partial charge in [0.2, 0.25) is 0 Å². The lowest BCUT2D eigenvalue weighted by molar-refractivity contribution is 0.215. The van der Waals surface area contributed by atoms with Crippen molar-refractivity contribution in [2.75, 3.05) is 13.2 Å². The van der Waals surface area contributed by atoms with Crippen LogP contribution in [0.4, 0.5) is 0 Å². The maximum Gasteiger partial charge on any atom is 0.114 e. The molecule has 0 fully saturated rings. The summed E-state index contributed by atoms with van der Waals surface area (Å²) in [6, 6.07) is 0.158. The summed E-state index contributed by atoms with van der Waals surface area (Å²) in [6.45, 7) is 6.01. The van der Waals surface area contributed by atoms with E-state index in [-0.39, 0.29) is 6.04 Å². The molecule has 1 aliphatic heterocycles. The lowest BCUT2D eigenvalue weighted by Crippen LogP contribution is -2.24. The van der Waals surface area contributed by atoms with Crippen molar-refractivity contribution in [3.05, 3.63) is 29.3 Å².